The van der Waals surface area contributed by atoms with Gasteiger partial charge < -0.3 is 79.8 Å². The van der Waals surface area contributed by atoms with Crippen LogP contribution in [-0.2, 0) is 67.2 Å². The van der Waals surface area contributed by atoms with Crippen LogP contribution in [0.15, 0.2) is 85.1 Å². The first-order chi connectivity index (χ1) is 41.6. The van der Waals surface area contributed by atoms with Crippen molar-refractivity contribution in [1.29, 1.82) is 5.41 Å². The van der Waals surface area contributed by atoms with E-state index in [0.717, 1.165) is 17.8 Å². The van der Waals surface area contributed by atoms with Crippen molar-refractivity contribution < 1.29 is 63.0 Å². The van der Waals surface area contributed by atoms with E-state index in [1.165, 1.54) is 19.1 Å². The molecule has 0 saturated heterocycles. The minimum Gasteiger partial charge on any atom is -0.508 e. The summed E-state index contributed by atoms with van der Waals surface area (Å²) in [5.74, 6) is -9.59. The SMILES string of the molecule is CNC(=N)NCCC[C@H](NC(=O)[C@H](CC(C)C)NC(=O)NNC(=O)[C@H](Cc1ccccc1)NC(=O)[C@@H](NC(=O)[C@H](CC(N)=O)NC(=O)[C@H](CC(C)C)NC(=O)[C@@H](Cc1ccc(O)cc1)NC(C)=O)[C@@H](C)O)C(=O)N[C@@H](Cc1c[nH]c2ccccc12)C(N)=O. The van der Waals surface area contributed by atoms with E-state index < -0.39 is 126 Å². The van der Waals surface area contributed by atoms with Crippen LogP contribution in [0.1, 0.15) is 90.3 Å². The summed E-state index contributed by atoms with van der Waals surface area (Å²) < 4.78 is 0. The lowest BCUT2D eigenvalue weighted by Gasteiger charge is -2.28. The molecule has 29 nitrogen and oxygen atoms in total. The van der Waals surface area contributed by atoms with Crippen LogP contribution in [0.3, 0.4) is 0 Å². The van der Waals surface area contributed by atoms with E-state index in [1.54, 1.807) is 83.4 Å². The van der Waals surface area contributed by atoms with Crippen molar-refractivity contribution in [2.24, 2.45) is 23.3 Å². The van der Waals surface area contributed by atoms with Crippen molar-refractivity contribution in [3.63, 3.8) is 0 Å². The second-order valence-electron chi connectivity index (χ2n) is 22.1. The summed E-state index contributed by atoms with van der Waals surface area (Å²) in [4.78, 5) is 152. The zero-order valence-corrected chi connectivity index (χ0v) is 50.3. The molecule has 29 heteroatoms. The van der Waals surface area contributed by atoms with Gasteiger partial charge in [0, 0.05) is 56.9 Å². The van der Waals surface area contributed by atoms with Gasteiger partial charge in [0.25, 0.3) is 5.91 Å². The Morgan fingerprint density at radius 2 is 1.07 bits per heavy atom. The molecule has 1 heterocycles. The highest BCUT2D eigenvalue weighted by molar-refractivity contribution is 5.99. The third-order valence-corrected chi connectivity index (χ3v) is 13.7. The molecule has 0 spiro atoms. The first-order valence-corrected chi connectivity index (χ1v) is 28.7. The fourth-order valence-corrected chi connectivity index (χ4v) is 9.23. The van der Waals surface area contributed by atoms with Crippen molar-refractivity contribution in [2.45, 2.75) is 147 Å². The summed E-state index contributed by atoms with van der Waals surface area (Å²) in [6, 6.07) is 8.83. The number of nitrogens with two attached hydrogens (primary N) is 2. The van der Waals surface area contributed by atoms with Gasteiger partial charge in [-0.25, -0.2) is 10.2 Å². The number of primary amides is 2. The molecule has 0 unspecified atom stereocenters. The summed E-state index contributed by atoms with van der Waals surface area (Å²) in [5.41, 5.74) is 18.2. The van der Waals surface area contributed by atoms with Crippen molar-refractivity contribution in [2.75, 3.05) is 13.6 Å². The fraction of sp³-hybridized carbons (Fsp3) is 0.458. The zero-order chi connectivity index (χ0) is 65.2. The van der Waals surface area contributed by atoms with E-state index >= 15 is 0 Å². The molecule has 0 aliphatic carbocycles. The standard InChI is InChI=1S/C59H84N16O13/c1-31(2)24-43(69-54(84)45(66-34(6)77)27-36-19-21-38(78)22-20-36)52(82)70-47(29-48(60)79)55(85)73-49(33(5)76)57(87)71-46(26-35-14-9-8-10-15-35)56(86)74-75-59(88)72-44(25-32(3)4)53(83)67-41(18-13-23-64-58(62)63-7)51(81)68-42(50(61)80)28-37-30-65-40-17-12-11-16-39(37)40/h8-12,14-17,19-22,30-33,41-47,49,65,76,78H,13,18,23-29H2,1-7H3,(H2,60,79)(H2,61,80)(H,66,77)(H,67,83)(H,68,81)(H,69,84)(H,70,82)(H,71,87)(H,73,85)(H,74,86)(H3,62,63,64)(H2,72,75,88)/t33-,41+,42+,43+,44+,45-,46+,47+,49+/m1/s1. The number of aliphatic hydroxyl groups excluding tert-OH is 1. The highest BCUT2D eigenvalue weighted by Gasteiger charge is 2.36. The van der Waals surface area contributed by atoms with Crippen LogP contribution in [0.4, 0.5) is 4.79 Å². The van der Waals surface area contributed by atoms with Gasteiger partial charge in [-0.2, -0.15) is 0 Å². The molecule has 0 aliphatic rings. The second-order valence-corrected chi connectivity index (χ2v) is 22.1. The third-order valence-electron chi connectivity index (χ3n) is 13.7. The number of hydrazine groups is 1. The Morgan fingerprint density at radius 1 is 0.557 bits per heavy atom. The summed E-state index contributed by atoms with van der Waals surface area (Å²) in [7, 11) is 1.54. The zero-order valence-electron chi connectivity index (χ0n) is 50.3. The summed E-state index contributed by atoms with van der Waals surface area (Å²) >= 11 is 0. The molecular formula is C59H84N16O13. The number of aliphatic hydroxyl groups is 1. The van der Waals surface area contributed by atoms with Crippen LogP contribution in [0, 0.1) is 17.2 Å². The Bertz CT molecular complexity index is 3070. The number of para-hydroxylation sites is 1. The number of aromatic amines is 1. The van der Waals surface area contributed by atoms with Crippen LogP contribution in [0.2, 0.25) is 0 Å². The van der Waals surface area contributed by atoms with Gasteiger partial charge in [-0.3, -0.25) is 58.8 Å². The average Bonchev–Trinajstić information content (AvgIpc) is 4.14. The van der Waals surface area contributed by atoms with E-state index in [2.05, 4.69) is 69.0 Å². The molecule has 88 heavy (non-hydrogen) atoms. The molecule has 0 bridgehead atoms. The number of aromatic hydroxyl groups is 1. The molecule has 0 aliphatic heterocycles. The maximum absolute atomic E-state index is 14.1. The Balaban J connectivity index is 1.49. The van der Waals surface area contributed by atoms with Crippen molar-refractivity contribution in [3.8, 4) is 5.75 Å². The molecule has 1 aromatic heterocycles. The van der Waals surface area contributed by atoms with Gasteiger partial charge >= 0.3 is 6.03 Å². The smallest absolute Gasteiger partial charge is 0.334 e. The minimum absolute atomic E-state index is 0.00316. The average molecular weight is 1230 g/mol. The Hall–Kier alpha value is -9.80. The maximum atomic E-state index is 14.1. The fourth-order valence-electron chi connectivity index (χ4n) is 9.23. The molecule has 0 saturated carbocycles. The molecule has 9 atom stereocenters. The van der Waals surface area contributed by atoms with Crippen molar-refractivity contribution in [3.05, 3.63) is 102 Å². The topological polar surface area (TPSA) is 464 Å². The number of amides is 12. The Labute approximate surface area is 509 Å². The largest absolute Gasteiger partial charge is 0.508 e. The van der Waals surface area contributed by atoms with Crippen LogP contribution in [-0.4, -0.2) is 154 Å². The number of phenolic OH excluding ortho intramolecular Hbond substituents is 1. The van der Waals surface area contributed by atoms with Gasteiger partial charge in [0.1, 0.15) is 54.1 Å². The van der Waals surface area contributed by atoms with Gasteiger partial charge in [-0.15, -0.1) is 0 Å². The molecule has 0 radical (unpaired) electrons. The Kier molecular flexibility index (Phi) is 28.1. The second kappa shape index (κ2) is 35.0. The van der Waals surface area contributed by atoms with E-state index in [0.29, 0.717) is 16.7 Å². The van der Waals surface area contributed by atoms with E-state index in [1.807, 2.05) is 24.3 Å². The predicted octanol–water partition coefficient (Wildman–Crippen LogP) is -1.63. The Morgan fingerprint density at radius 3 is 1.65 bits per heavy atom. The van der Waals surface area contributed by atoms with Crippen LogP contribution >= 0.6 is 0 Å². The van der Waals surface area contributed by atoms with Crippen molar-refractivity contribution in [1.82, 2.24) is 69.0 Å². The number of urea groups is 1. The number of hydrogen-bond acceptors (Lipinski definition) is 14. The monoisotopic (exact) mass is 1220 g/mol. The lowest BCUT2D eigenvalue weighted by atomic mass is 10.00. The number of phenols is 1. The summed E-state index contributed by atoms with van der Waals surface area (Å²) in [6.45, 7) is 9.58. The molecule has 0 fully saturated rings. The quantitative estimate of drug-likeness (QED) is 0.0110. The van der Waals surface area contributed by atoms with Gasteiger partial charge in [0.15, 0.2) is 5.96 Å². The normalized spacial score (nSPS) is 14.1. The number of benzene rings is 3. The maximum Gasteiger partial charge on any atom is 0.334 e. The number of H-pyrrole nitrogens is 1. The number of hydrogen-bond donors (Lipinski definition) is 18. The highest BCUT2D eigenvalue weighted by atomic mass is 16.3. The first-order valence-electron chi connectivity index (χ1n) is 28.7. The van der Waals surface area contributed by atoms with Gasteiger partial charge in [0.2, 0.25) is 53.2 Å². The van der Waals surface area contributed by atoms with Crippen LogP contribution in [0.5, 0.6) is 5.75 Å². The van der Waals surface area contributed by atoms with E-state index in [9.17, 15) is 63.0 Å². The number of guanidine groups is 1. The van der Waals surface area contributed by atoms with Gasteiger partial charge in [-0.1, -0.05) is 88.4 Å². The summed E-state index contributed by atoms with van der Waals surface area (Å²) in [5, 5.41) is 54.9. The molecule has 3 aromatic carbocycles. The lowest BCUT2D eigenvalue weighted by Crippen LogP contribution is -2.62. The van der Waals surface area contributed by atoms with Crippen LogP contribution < -0.4 is 75.5 Å². The number of carbonyl (C=O) groups is 11. The van der Waals surface area contributed by atoms with Crippen LogP contribution in [0.25, 0.3) is 10.9 Å². The van der Waals surface area contributed by atoms with E-state index in [4.69, 9.17) is 16.9 Å². The predicted molar refractivity (Wildman–Crippen MR) is 324 cm³/mol. The molecule has 4 aromatic rings. The molecule has 12 amide bonds. The minimum atomic E-state index is -1.87. The number of aromatic nitrogens is 1. The molecule has 4 rings (SSSR count). The number of fused-ring (bicyclic) bond motifs is 1. The summed E-state index contributed by atoms with van der Waals surface area (Å²) in [6.07, 6.45) is -0.785. The first kappa shape index (κ1) is 70.7. The third kappa shape index (κ3) is 23.9. The van der Waals surface area contributed by atoms with E-state index in [-0.39, 0.29) is 75.0 Å². The van der Waals surface area contributed by atoms with Gasteiger partial charge in [0.05, 0.1) is 12.5 Å². The van der Waals surface area contributed by atoms with Crippen molar-refractivity contribution >= 4 is 82.0 Å². The lowest BCUT2D eigenvalue weighted by molar-refractivity contribution is -0.137. The number of carbonyl (C=O) groups excluding carboxylic acids is 11. The number of rotatable bonds is 33. The number of nitrogens with one attached hydrogen (secondary N) is 14. The van der Waals surface area contributed by atoms with Gasteiger partial charge in [-0.05, 0) is 79.3 Å². The molecule has 20 N–H and O–H groups in total. The highest BCUT2D eigenvalue weighted by Crippen LogP contribution is 2.20. The molecular weight excluding hydrogens is 1140 g/mol. The molecule has 478 valence electrons.